The predicted molar refractivity (Wildman–Crippen MR) is 132 cm³/mol. The summed E-state index contributed by atoms with van der Waals surface area (Å²) in [5.74, 6) is -3.89. The molecule has 0 radical (unpaired) electrons. The zero-order valence-corrected chi connectivity index (χ0v) is 22.1. The Bertz CT molecular complexity index is 709. The zero-order chi connectivity index (χ0) is 27.1. The Kier molecular flexibility index (Phi) is 15.8. The van der Waals surface area contributed by atoms with Gasteiger partial charge in [0.2, 0.25) is 17.7 Å². The van der Waals surface area contributed by atoms with Crippen LogP contribution in [0.4, 0.5) is 0 Å². The van der Waals surface area contributed by atoms with Crippen molar-refractivity contribution in [3.8, 4) is 0 Å². The molecule has 10 nitrogen and oxygen atoms in total. The molecule has 0 saturated heterocycles. The maximum Gasteiger partial charge on any atom is 0.303 e. The third-order valence-corrected chi connectivity index (χ3v) is 5.68. The van der Waals surface area contributed by atoms with E-state index in [-0.39, 0.29) is 49.4 Å². The number of carbonyl (C=O) groups is 5. The Morgan fingerprint density at radius 2 is 1.40 bits per heavy atom. The summed E-state index contributed by atoms with van der Waals surface area (Å²) >= 11 is 0. The molecule has 0 aromatic carbocycles. The van der Waals surface area contributed by atoms with Gasteiger partial charge >= 0.3 is 5.97 Å². The van der Waals surface area contributed by atoms with Crippen molar-refractivity contribution in [2.75, 3.05) is 6.61 Å². The lowest BCUT2D eigenvalue weighted by molar-refractivity contribution is -0.138. The number of ketones is 1. The first-order valence-electron chi connectivity index (χ1n) is 12.6. The Balaban J connectivity index is 5.57. The number of amides is 3. The molecule has 0 aromatic heterocycles. The summed E-state index contributed by atoms with van der Waals surface area (Å²) in [5.41, 5.74) is 0. The summed E-state index contributed by atoms with van der Waals surface area (Å²) in [7, 11) is 0. The molecular weight excluding hydrogens is 454 g/mol. The van der Waals surface area contributed by atoms with Crippen LogP contribution in [-0.4, -0.2) is 64.4 Å². The van der Waals surface area contributed by atoms with E-state index < -0.39 is 41.8 Å². The molecule has 0 heterocycles. The molecule has 0 unspecified atom stereocenters. The van der Waals surface area contributed by atoms with Crippen LogP contribution in [0.3, 0.4) is 0 Å². The number of aliphatic carboxylic acids is 1. The van der Waals surface area contributed by atoms with Crippen molar-refractivity contribution in [2.45, 2.75) is 105 Å². The van der Waals surface area contributed by atoms with Crippen molar-refractivity contribution < 1.29 is 34.2 Å². The number of carboxylic acid groups (broad SMARTS) is 1. The van der Waals surface area contributed by atoms with Gasteiger partial charge in [0.1, 0.15) is 12.1 Å². The highest BCUT2D eigenvalue weighted by atomic mass is 16.4. The lowest BCUT2D eigenvalue weighted by Crippen LogP contribution is -2.57. The summed E-state index contributed by atoms with van der Waals surface area (Å²) in [5, 5.41) is 26.4. The maximum atomic E-state index is 13.1. The monoisotopic (exact) mass is 499 g/mol. The maximum absolute atomic E-state index is 13.1. The number of unbranched alkanes of at least 4 members (excludes halogenated alkanes) is 2. The molecule has 10 heteroatoms. The second-order valence-corrected chi connectivity index (χ2v) is 9.92. The van der Waals surface area contributed by atoms with Crippen LogP contribution in [0, 0.1) is 17.8 Å². The van der Waals surface area contributed by atoms with Crippen LogP contribution in [0.25, 0.3) is 0 Å². The van der Waals surface area contributed by atoms with Crippen LogP contribution in [0.1, 0.15) is 86.5 Å². The topological polar surface area (TPSA) is 162 Å². The molecule has 0 bridgehead atoms. The van der Waals surface area contributed by atoms with Crippen molar-refractivity contribution in [1.82, 2.24) is 16.0 Å². The van der Waals surface area contributed by atoms with Crippen molar-refractivity contribution in [3.05, 3.63) is 0 Å². The average Bonchev–Trinajstić information content (AvgIpc) is 2.77. The summed E-state index contributed by atoms with van der Waals surface area (Å²) < 4.78 is 0. The van der Waals surface area contributed by atoms with E-state index in [1.807, 2.05) is 20.8 Å². The number of rotatable bonds is 18. The fourth-order valence-corrected chi connectivity index (χ4v) is 3.54. The summed E-state index contributed by atoms with van der Waals surface area (Å²) in [6.45, 7) is 10.5. The van der Waals surface area contributed by atoms with Crippen LogP contribution >= 0.6 is 0 Å². The van der Waals surface area contributed by atoms with Crippen molar-refractivity contribution >= 4 is 29.5 Å². The molecule has 0 aromatic rings. The molecule has 0 fully saturated rings. The Labute approximate surface area is 209 Å². The minimum absolute atomic E-state index is 0.0652. The molecule has 0 rings (SSSR count). The van der Waals surface area contributed by atoms with Crippen molar-refractivity contribution in [2.24, 2.45) is 17.8 Å². The molecule has 0 spiro atoms. The van der Waals surface area contributed by atoms with Crippen LogP contribution in [0.2, 0.25) is 0 Å². The highest BCUT2D eigenvalue weighted by Crippen LogP contribution is 2.12. The van der Waals surface area contributed by atoms with Crippen molar-refractivity contribution in [3.63, 3.8) is 0 Å². The van der Waals surface area contributed by atoms with E-state index in [1.54, 1.807) is 20.8 Å². The predicted octanol–water partition coefficient (Wildman–Crippen LogP) is 1.79. The minimum Gasteiger partial charge on any atom is -0.481 e. The number of hydrogen-bond donors (Lipinski definition) is 5. The normalized spacial score (nSPS) is 14.7. The molecule has 5 N–H and O–H groups in total. The molecule has 202 valence electrons. The fraction of sp³-hybridized carbons (Fsp3) is 0.800. The van der Waals surface area contributed by atoms with E-state index in [4.69, 9.17) is 5.11 Å². The third kappa shape index (κ3) is 13.2. The van der Waals surface area contributed by atoms with Crippen LogP contribution in [0.5, 0.6) is 0 Å². The van der Waals surface area contributed by atoms with Crippen molar-refractivity contribution in [1.29, 1.82) is 0 Å². The molecular formula is C25H45N3O7. The molecule has 0 aliphatic carbocycles. The van der Waals surface area contributed by atoms with Gasteiger partial charge in [-0.05, 0) is 31.1 Å². The highest BCUT2D eigenvalue weighted by molar-refractivity contribution is 5.95. The number of Topliss-reactive ketones (excluding diaryl/α,β-unsaturated/α-hetero) is 1. The van der Waals surface area contributed by atoms with Gasteiger partial charge in [-0.25, -0.2) is 0 Å². The quantitative estimate of drug-likeness (QED) is 0.180. The van der Waals surface area contributed by atoms with E-state index in [2.05, 4.69) is 16.0 Å². The third-order valence-electron chi connectivity index (χ3n) is 5.68. The second-order valence-electron chi connectivity index (χ2n) is 9.92. The molecule has 0 saturated carbocycles. The first-order chi connectivity index (χ1) is 16.3. The number of carboxylic acids is 1. The van der Waals surface area contributed by atoms with E-state index in [0.717, 1.165) is 12.8 Å². The van der Waals surface area contributed by atoms with Gasteiger partial charge in [-0.3, -0.25) is 24.0 Å². The smallest absolute Gasteiger partial charge is 0.303 e. The van der Waals surface area contributed by atoms with Gasteiger partial charge in [0.05, 0.1) is 12.6 Å². The number of carbonyl (C=O) groups excluding carboxylic acids is 4. The minimum atomic E-state index is -1.20. The number of nitrogens with one attached hydrogen (secondary N) is 3. The largest absolute Gasteiger partial charge is 0.481 e. The standard InChI is InChI=1S/C25H45N3O7/c1-7-8-9-10-20(30)28-22(16(4)5)25(35)26-18(11-12-21(31)32)24(34)27-19(13-15(2)3)23(33)17(6)14-29/h15-19,22,29H,7-14H2,1-6H3,(H,26,35)(H,27,34)(H,28,30)(H,31,32)/t17-,18-,19-,22-/m0/s1. The summed E-state index contributed by atoms with van der Waals surface area (Å²) in [6, 6.07) is -2.98. The number of hydrogen-bond acceptors (Lipinski definition) is 6. The van der Waals surface area contributed by atoms with Gasteiger partial charge < -0.3 is 26.2 Å². The fourth-order valence-electron chi connectivity index (χ4n) is 3.54. The average molecular weight is 500 g/mol. The zero-order valence-electron chi connectivity index (χ0n) is 22.1. The van der Waals surface area contributed by atoms with E-state index >= 15 is 0 Å². The van der Waals surface area contributed by atoms with E-state index in [1.165, 1.54) is 0 Å². The number of aliphatic hydroxyl groups excluding tert-OH is 1. The SMILES string of the molecule is CCCCCC(=O)N[C@H](C(=O)N[C@@H](CCC(=O)O)C(=O)N[C@@H](CC(C)C)C(=O)[C@@H](C)CO)C(C)C. The molecule has 4 atom stereocenters. The van der Waals surface area contributed by atoms with Crippen LogP contribution in [-0.2, 0) is 24.0 Å². The molecule has 0 aliphatic heterocycles. The van der Waals surface area contributed by atoms with Gasteiger partial charge in [-0.15, -0.1) is 0 Å². The first kappa shape index (κ1) is 32.5. The van der Waals surface area contributed by atoms with Crippen LogP contribution in [0.15, 0.2) is 0 Å². The first-order valence-corrected chi connectivity index (χ1v) is 12.6. The van der Waals surface area contributed by atoms with Gasteiger partial charge in [0.15, 0.2) is 5.78 Å². The Morgan fingerprint density at radius 1 is 0.800 bits per heavy atom. The second kappa shape index (κ2) is 17.0. The Hall–Kier alpha value is -2.49. The number of aliphatic hydroxyl groups is 1. The highest BCUT2D eigenvalue weighted by Gasteiger charge is 2.32. The van der Waals surface area contributed by atoms with Gasteiger partial charge in [0.25, 0.3) is 0 Å². The van der Waals surface area contributed by atoms with Crippen LogP contribution < -0.4 is 16.0 Å². The van der Waals surface area contributed by atoms with E-state index in [9.17, 15) is 29.1 Å². The molecule has 0 aliphatic rings. The lowest BCUT2D eigenvalue weighted by atomic mass is 9.93. The van der Waals surface area contributed by atoms with Gasteiger partial charge in [-0.1, -0.05) is 54.4 Å². The summed E-state index contributed by atoms with van der Waals surface area (Å²) in [4.78, 5) is 62.2. The van der Waals surface area contributed by atoms with Gasteiger partial charge in [-0.2, -0.15) is 0 Å². The van der Waals surface area contributed by atoms with E-state index in [0.29, 0.717) is 12.8 Å². The Morgan fingerprint density at radius 3 is 1.89 bits per heavy atom. The summed E-state index contributed by atoms with van der Waals surface area (Å²) in [6.07, 6.45) is 2.63. The van der Waals surface area contributed by atoms with Gasteiger partial charge in [0, 0.05) is 18.8 Å². The molecule has 35 heavy (non-hydrogen) atoms. The lowest BCUT2D eigenvalue weighted by Gasteiger charge is -2.27. The molecule has 3 amide bonds.